The smallest absolute Gasteiger partial charge is 0.242 e. The molecule has 0 spiro atoms. The van der Waals surface area contributed by atoms with Crippen molar-refractivity contribution in [2.24, 2.45) is 5.92 Å². The van der Waals surface area contributed by atoms with E-state index in [9.17, 15) is 8.42 Å². The summed E-state index contributed by atoms with van der Waals surface area (Å²) in [6.45, 7) is 9.18. The van der Waals surface area contributed by atoms with E-state index in [1.54, 1.807) is 19.2 Å². The Balaban J connectivity index is 2.97. The predicted molar refractivity (Wildman–Crippen MR) is 88.1 cm³/mol. The van der Waals surface area contributed by atoms with E-state index in [0.717, 1.165) is 5.56 Å². The van der Waals surface area contributed by atoms with Crippen molar-refractivity contribution in [3.05, 3.63) is 28.8 Å². The van der Waals surface area contributed by atoms with Crippen molar-refractivity contribution in [3.8, 4) is 0 Å². The zero-order valence-electron chi connectivity index (χ0n) is 13.4. The van der Waals surface area contributed by atoms with Gasteiger partial charge in [0.05, 0.1) is 4.90 Å². The van der Waals surface area contributed by atoms with Gasteiger partial charge in [-0.3, -0.25) is 0 Å². The molecule has 4 nitrogen and oxygen atoms in total. The van der Waals surface area contributed by atoms with Gasteiger partial charge in [0.1, 0.15) is 0 Å². The first-order valence-corrected chi connectivity index (χ1v) is 8.94. The van der Waals surface area contributed by atoms with Crippen LogP contribution in [0, 0.1) is 5.92 Å². The Morgan fingerprint density at radius 1 is 1.24 bits per heavy atom. The van der Waals surface area contributed by atoms with Crippen LogP contribution in [0.3, 0.4) is 0 Å². The average molecular weight is 333 g/mol. The van der Waals surface area contributed by atoms with Crippen LogP contribution < -0.4 is 5.32 Å². The van der Waals surface area contributed by atoms with Gasteiger partial charge in [0, 0.05) is 31.2 Å². The van der Waals surface area contributed by atoms with Gasteiger partial charge in [-0.2, -0.15) is 0 Å². The second kappa shape index (κ2) is 7.58. The second-order valence-corrected chi connectivity index (χ2v) is 8.42. The summed E-state index contributed by atoms with van der Waals surface area (Å²) >= 11 is 6.21. The predicted octanol–water partition coefficient (Wildman–Crippen LogP) is 3.11. The first-order chi connectivity index (χ1) is 9.64. The summed E-state index contributed by atoms with van der Waals surface area (Å²) < 4.78 is 26.3. The van der Waals surface area contributed by atoms with E-state index in [2.05, 4.69) is 5.32 Å². The molecule has 6 heteroatoms. The summed E-state index contributed by atoms with van der Waals surface area (Å²) in [5.41, 5.74) is 0.899. The highest BCUT2D eigenvalue weighted by atomic mass is 35.5. The fourth-order valence-corrected chi connectivity index (χ4v) is 3.61. The van der Waals surface area contributed by atoms with Crippen molar-refractivity contribution in [3.63, 3.8) is 0 Å². The number of hydrogen-bond donors (Lipinski definition) is 1. The van der Waals surface area contributed by atoms with Crippen LogP contribution in [0.5, 0.6) is 0 Å². The van der Waals surface area contributed by atoms with Gasteiger partial charge in [-0.05, 0) is 23.6 Å². The summed E-state index contributed by atoms with van der Waals surface area (Å²) in [6.07, 6.45) is 0. The van der Waals surface area contributed by atoms with E-state index < -0.39 is 10.0 Å². The van der Waals surface area contributed by atoms with Gasteiger partial charge in [0.25, 0.3) is 0 Å². The summed E-state index contributed by atoms with van der Waals surface area (Å²) in [4.78, 5) is 0.240. The number of nitrogens with one attached hydrogen (secondary N) is 1. The lowest BCUT2D eigenvalue weighted by Crippen LogP contribution is -2.30. The lowest BCUT2D eigenvalue weighted by atomic mass is 10.2. The molecule has 0 amide bonds. The Morgan fingerprint density at radius 2 is 1.86 bits per heavy atom. The van der Waals surface area contributed by atoms with Gasteiger partial charge in [-0.25, -0.2) is 12.7 Å². The lowest BCUT2D eigenvalue weighted by molar-refractivity contribution is 0.417. The van der Waals surface area contributed by atoms with Gasteiger partial charge in [0.2, 0.25) is 10.0 Å². The standard InChI is InChI=1S/C15H25ClN2O2S/c1-11(2)10-18(5)21(19,20)14-7-6-13(15(16)8-14)9-17-12(3)4/h6-8,11-12,17H,9-10H2,1-5H3. The Morgan fingerprint density at radius 3 is 2.33 bits per heavy atom. The molecule has 120 valence electrons. The normalized spacial score (nSPS) is 12.6. The number of nitrogens with zero attached hydrogens (tertiary/aromatic N) is 1. The first kappa shape index (κ1) is 18.4. The van der Waals surface area contributed by atoms with Crippen LogP contribution in [0.4, 0.5) is 0 Å². The molecule has 0 atom stereocenters. The molecule has 0 aliphatic rings. The third-order valence-corrected chi connectivity index (χ3v) is 5.23. The summed E-state index contributed by atoms with van der Waals surface area (Å²) in [5.74, 6) is 0.273. The summed E-state index contributed by atoms with van der Waals surface area (Å²) in [7, 11) is -1.88. The molecule has 0 fully saturated rings. The Hall–Kier alpha value is -0.620. The van der Waals surface area contributed by atoms with Gasteiger partial charge in [0.15, 0.2) is 0 Å². The SMILES string of the molecule is CC(C)CN(C)S(=O)(=O)c1ccc(CNC(C)C)c(Cl)c1. The van der Waals surface area contributed by atoms with Crippen molar-refractivity contribution in [1.82, 2.24) is 9.62 Å². The Bertz CT molecular complexity index is 571. The highest BCUT2D eigenvalue weighted by Gasteiger charge is 2.22. The number of benzene rings is 1. The van der Waals surface area contributed by atoms with Gasteiger partial charge in [-0.15, -0.1) is 0 Å². The molecule has 0 radical (unpaired) electrons. The van der Waals surface area contributed by atoms with Gasteiger partial charge >= 0.3 is 0 Å². The summed E-state index contributed by atoms with van der Waals surface area (Å²) in [6, 6.07) is 5.27. The van der Waals surface area contributed by atoms with Crippen LogP contribution >= 0.6 is 11.6 Å². The third-order valence-electron chi connectivity index (χ3n) is 3.06. The fraction of sp³-hybridized carbons (Fsp3) is 0.600. The molecule has 1 N–H and O–H groups in total. The highest BCUT2D eigenvalue weighted by molar-refractivity contribution is 7.89. The number of sulfonamides is 1. The number of rotatable bonds is 7. The minimum atomic E-state index is -3.48. The van der Waals surface area contributed by atoms with E-state index in [1.807, 2.05) is 27.7 Å². The molecule has 1 rings (SSSR count). The molecule has 0 aliphatic carbocycles. The minimum absolute atomic E-state index is 0.240. The van der Waals surface area contributed by atoms with Crippen LogP contribution in [0.2, 0.25) is 5.02 Å². The van der Waals surface area contributed by atoms with Crippen molar-refractivity contribution in [1.29, 1.82) is 0 Å². The molecule has 21 heavy (non-hydrogen) atoms. The first-order valence-electron chi connectivity index (χ1n) is 7.12. The molecule has 1 aromatic rings. The molecule has 0 heterocycles. The molecule has 0 unspecified atom stereocenters. The maximum absolute atomic E-state index is 12.4. The lowest BCUT2D eigenvalue weighted by Gasteiger charge is -2.19. The second-order valence-electron chi connectivity index (χ2n) is 5.97. The van der Waals surface area contributed by atoms with E-state index in [4.69, 9.17) is 11.6 Å². The molecular weight excluding hydrogens is 308 g/mol. The quantitative estimate of drug-likeness (QED) is 0.834. The van der Waals surface area contributed by atoms with Crippen molar-refractivity contribution < 1.29 is 8.42 Å². The Labute approximate surface area is 133 Å². The third kappa shape index (κ3) is 5.25. The molecule has 0 saturated heterocycles. The molecule has 1 aromatic carbocycles. The topological polar surface area (TPSA) is 49.4 Å². The number of hydrogen-bond acceptors (Lipinski definition) is 3. The Kier molecular flexibility index (Phi) is 6.66. The van der Waals surface area contributed by atoms with Crippen LogP contribution in [-0.4, -0.2) is 32.4 Å². The molecule has 0 aromatic heterocycles. The maximum Gasteiger partial charge on any atom is 0.242 e. The van der Waals surface area contributed by atoms with Crippen molar-refractivity contribution >= 4 is 21.6 Å². The summed E-state index contributed by atoms with van der Waals surface area (Å²) in [5, 5.41) is 3.74. The van der Waals surface area contributed by atoms with E-state index in [-0.39, 0.29) is 10.8 Å². The van der Waals surface area contributed by atoms with E-state index in [0.29, 0.717) is 24.2 Å². The van der Waals surface area contributed by atoms with Crippen LogP contribution in [0.25, 0.3) is 0 Å². The van der Waals surface area contributed by atoms with E-state index in [1.165, 1.54) is 10.4 Å². The largest absolute Gasteiger partial charge is 0.310 e. The zero-order valence-corrected chi connectivity index (χ0v) is 14.9. The minimum Gasteiger partial charge on any atom is -0.310 e. The van der Waals surface area contributed by atoms with Crippen LogP contribution in [0.1, 0.15) is 33.3 Å². The molecule has 0 saturated carbocycles. The fourth-order valence-electron chi connectivity index (χ4n) is 1.94. The maximum atomic E-state index is 12.4. The van der Waals surface area contributed by atoms with Crippen molar-refractivity contribution in [2.45, 2.75) is 45.2 Å². The van der Waals surface area contributed by atoms with Crippen LogP contribution in [-0.2, 0) is 16.6 Å². The van der Waals surface area contributed by atoms with Gasteiger partial charge < -0.3 is 5.32 Å². The molecular formula is C15H25ClN2O2S. The van der Waals surface area contributed by atoms with Crippen molar-refractivity contribution in [2.75, 3.05) is 13.6 Å². The zero-order chi connectivity index (χ0) is 16.2. The monoisotopic (exact) mass is 332 g/mol. The van der Waals surface area contributed by atoms with Gasteiger partial charge in [-0.1, -0.05) is 45.4 Å². The van der Waals surface area contributed by atoms with E-state index >= 15 is 0 Å². The average Bonchev–Trinajstić information content (AvgIpc) is 2.36. The molecule has 0 aliphatic heterocycles. The highest BCUT2D eigenvalue weighted by Crippen LogP contribution is 2.23. The van der Waals surface area contributed by atoms with Crippen LogP contribution in [0.15, 0.2) is 23.1 Å². The number of halogens is 1. The molecule has 0 bridgehead atoms.